The van der Waals surface area contributed by atoms with E-state index in [2.05, 4.69) is 48.1 Å². The van der Waals surface area contributed by atoms with Crippen molar-refractivity contribution in [1.29, 1.82) is 5.41 Å². The predicted octanol–water partition coefficient (Wildman–Crippen LogP) is 4.52. The van der Waals surface area contributed by atoms with Gasteiger partial charge in [0, 0.05) is 35.8 Å². The van der Waals surface area contributed by atoms with E-state index in [0.29, 0.717) is 29.5 Å². The summed E-state index contributed by atoms with van der Waals surface area (Å²) >= 11 is 1.41. The SMILES string of the molecule is CN(c1nnc(-c2ccc(C(N)CCC=N)cc2F)s1)C1CC(C)(C)NC(C)(C)C1. The van der Waals surface area contributed by atoms with E-state index in [1.165, 1.54) is 23.6 Å². The second-order valence-corrected chi connectivity index (χ2v) is 10.5. The number of benzene rings is 1. The summed E-state index contributed by atoms with van der Waals surface area (Å²) < 4.78 is 14.8. The van der Waals surface area contributed by atoms with E-state index in [9.17, 15) is 4.39 Å². The van der Waals surface area contributed by atoms with Gasteiger partial charge in [-0.2, -0.15) is 0 Å². The summed E-state index contributed by atoms with van der Waals surface area (Å²) in [5, 5.41) is 20.8. The molecule has 8 heteroatoms. The van der Waals surface area contributed by atoms with Crippen LogP contribution in [-0.2, 0) is 0 Å². The van der Waals surface area contributed by atoms with Crippen molar-refractivity contribution >= 4 is 22.7 Å². The number of hydrogen-bond acceptors (Lipinski definition) is 7. The Bertz CT molecular complexity index is 878. The molecular formula is C22H33FN6S. The van der Waals surface area contributed by atoms with Gasteiger partial charge in [-0.15, -0.1) is 10.2 Å². The Balaban J connectivity index is 1.78. The topological polar surface area (TPSA) is 90.9 Å². The second kappa shape index (κ2) is 8.69. The zero-order chi connectivity index (χ0) is 22.1. The van der Waals surface area contributed by atoms with Crippen LogP contribution in [0.4, 0.5) is 9.52 Å². The van der Waals surface area contributed by atoms with Gasteiger partial charge in [0.2, 0.25) is 5.13 Å². The summed E-state index contributed by atoms with van der Waals surface area (Å²) in [6.07, 6.45) is 4.53. The van der Waals surface area contributed by atoms with Crippen molar-refractivity contribution < 1.29 is 4.39 Å². The van der Waals surface area contributed by atoms with Gasteiger partial charge in [-0.1, -0.05) is 17.4 Å². The highest BCUT2D eigenvalue weighted by Crippen LogP contribution is 2.36. The largest absolute Gasteiger partial charge is 0.347 e. The van der Waals surface area contributed by atoms with Crippen LogP contribution in [0.25, 0.3) is 10.6 Å². The number of hydrogen-bond donors (Lipinski definition) is 3. The highest BCUT2D eigenvalue weighted by Gasteiger charge is 2.39. The van der Waals surface area contributed by atoms with E-state index < -0.39 is 0 Å². The fourth-order valence-electron chi connectivity index (χ4n) is 4.53. The summed E-state index contributed by atoms with van der Waals surface area (Å²) in [7, 11) is 2.05. The van der Waals surface area contributed by atoms with Crippen molar-refractivity contribution in [3.63, 3.8) is 0 Å². The third-order valence-corrected chi connectivity index (χ3v) is 6.75. The monoisotopic (exact) mass is 432 g/mol. The number of rotatable bonds is 7. The summed E-state index contributed by atoms with van der Waals surface area (Å²) in [5.41, 5.74) is 7.35. The van der Waals surface area contributed by atoms with Crippen molar-refractivity contribution in [3.05, 3.63) is 29.6 Å². The molecule has 1 unspecified atom stereocenters. The van der Waals surface area contributed by atoms with Crippen LogP contribution in [-0.4, -0.2) is 40.6 Å². The Morgan fingerprint density at radius 1 is 1.30 bits per heavy atom. The van der Waals surface area contributed by atoms with Crippen LogP contribution in [0.3, 0.4) is 0 Å². The molecule has 2 heterocycles. The van der Waals surface area contributed by atoms with Crippen molar-refractivity contribution in [2.45, 2.75) is 76.5 Å². The van der Waals surface area contributed by atoms with Gasteiger partial charge in [-0.3, -0.25) is 0 Å². The van der Waals surface area contributed by atoms with Gasteiger partial charge < -0.3 is 21.4 Å². The normalized spacial score (nSPS) is 19.4. The zero-order valence-electron chi connectivity index (χ0n) is 18.5. The molecular weight excluding hydrogens is 399 g/mol. The lowest BCUT2D eigenvalue weighted by molar-refractivity contribution is 0.161. The van der Waals surface area contributed by atoms with E-state index >= 15 is 0 Å². The van der Waals surface area contributed by atoms with Gasteiger partial charge in [0.05, 0.1) is 0 Å². The first-order valence-electron chi connectivity index (χ1n) is 10.4. The second-order valence-electron chi connectivity index (χ2n) is 9.58. The van der Waals surface area contributed by atoms with Crippen molar-refractivity contribution in [1.82, 2.24) is 15.5 Å². The Labute approximate surface area is 182 Å². The van der Waals surface area contributed by atoms with E-state index in [-0.39, 0.29) is 22.9 Å². The number of anilines is 1. The van der Waals surface area contributed by atoms with Crippen LogP contribution < -0.4 is 16.0 Å². The molecule has 3 rings (SSSR count). The Kier molecular flexibility index (Phi) is 6.60. The smallest absolute Gasteiger partial charge is 0.208 e. The molecule has 6 nitrogen and oxygen atoms in total. The molecule has 30 heavy (non-hydrogen) atoms. The molecule has 0 spiro atoms. The van der Waals surface area contributed by atoms with Gasteiger partial charge in [-0.05, 0) is 77.3 Å². The molecule has 0 saturated carbocycles. The lowest BCUT2D eigenvalue weighted by Crippen LogP contribution is -2.61. The van der Waals surface area contributed by atoms with Gasteiger partial charge in [0.1, 0.15) is 5.82 Å². The van der Waals surface area contributed by atoms with Crippen LogP contribution in [0, 0.1) is 11.2 Å². The van der Waals surface area contributed by atoms with Gasteiger partial charge in [-0.25, -0.2) is 4.39 Å². The highest BCUT2D eigenvalue weighted by molar-refractivity contribution is 7.18. The minimum atomic E-state index is -0.340. The molecule has 1 saturated heterocycles. The number of nitrogens with zero attached hydrogens (tertiary/aromatic N) is 3. The molecule has 1 aromatic carbocycles. The molecule has 0 radical (unpaired) electrons. The maximum absolute atomic E-state index is 14.8. The quantitative estimate of drug-likeness (QED) is 0.560. The number of nitrogens with one attached hydrogen (secondary N) is 2. The lowest BCUT2D eigenvalue weighted by Gasteiger charge is -2.48. The standard InChI is InChI=1S/C22H33FN6S/c1-21(2)12-15(13-22(3,4)28-21)29(5)20-27-26-19(30-20)16-9-8-14(11-17(16)23)18(25)7-6-10-24/h8-11,15,18,24,28H,6-7,12-13,25H2,1-5H3. The van der Waals surface area contributed by atoms with E-state index in [4.69, 9.17) is 11.1 Å². The van der Waals surface area contributed by atoms with Crippen LogP contribution in [0.2, 0.25) is 0 Å². The number of nitrogens with two attached hydrogens (primary N) is 1. The molecule has 1 atom stereocenters. The lowest BCUT2D eigenvalue weighted by atomic mass is 9.79. The minimum Gasteiger partial charge on any atom is -0.347 e. The molecule has 164 valence electrons. The number of aromatic nitrogens is 2. The maximum Gasteiger partial charge on any atom is 0.208 e. The first-order chi connectivity index (χ1) is 14.0. The Hall–Kier alpha value is -1.90. The van der Waals surface area contributed by atoms with Crippen LogP contribution in [0.15, 0.2) is 18.2 Å². The molecule has 1 aromatic heterocycles. The fourth-order valence-corrected chi connectivity index (χ4v) is 5.44. The molecule has 4 N–H and O–H groups in total. The molecule has 0 aliphatic carbocycles. The minimum absolute atomic E-state index is 0.0343. The fraction of sp³-hybridized carbons (Fsp3) is 0.591. The van der Waals surface area contributed by atoms with Crippen molar-refractivity contribution in [2.75, 3.05) is 11.9 Å². The van der Waals surface area contributed by atoms with Crippen molar-refractivity contribution in [2.24, 2.45) is 5.73 Å². The van der Waals surface area contributed by atoms with Gasteiger partial charge >= 0.3 is 0 Å². The van der Waals surface area contributed by atoms with Gasteiger partial charge in [0.15, 0.2) is 5.01 Å². The van der Waals surface area contributed by atoms with Crippen LogP contribution >= 0.6 is 11.3 Å². The summed E-state index contributed by atoms with van der Waals surface area (Å²) in [6, 6.07) is 5.10. The van der Waals surface area contributed by atoms with Gasteiger partial charge in [0.25, 0.3) is 0 Å². The zero-order valence-corrected chi connectivity index (χ0v) is 19.3. The summed E-state index contributed by atoms with van der Waals surface area (Å²) in [6.45, 7) is 8.90. The maximum atomic E-state index is 14.8. The van der Waals surface area contributed by atoms with E-state index in [1.54, 1.807) is 6.07 Å². The Morgan fingerprint density at radius 2 is 1.97 bits per heavy atom. The van der Waals surface area contributed by atoms with E-state index in [0.717, 1.165) is 23.5 Å². The third kappa shape index (κ3) is 5.22. The highest BCUT2D eigenvalue weighted by atomic mass is 32.1. The van der Waals surface area contributed by atoms with E-state index in [1.807, 2.05) is 13.1 Å². The predicted molar refractivity (Wildman–Crippen MR) is 123 cm³/mol. The van der Waals surface area contributed by atoms with Crippen molar-refractivity contribution in [3.8, 4) is 10.6 Å². The average molecular weight is 433 g/mol. The first kappa shape index (κ1) is 22.8. The Morgan fingerprint density at radius 3 is 2.57 bits per heavy atom. The average Bonchev–Trinajstić information content (AvgIpc) is 3.12. The van der Waals surface area contributed by atoms with Crippen LogP contribution in [0.1, 0.15) is 65.0 Å². The molecule has 0 bridgehead atoms. The molecule has 1 fully saturated rings. The summed E-state index contributed by atoms with van der Waals surface area (Å²) in [5.74, 6) is -0.340. The number of piperidine rings is 1. The number of halogens is 1. The molecule has 2 aromatic rings. The molecule has 1 aliphatic rings. The molecule has 0 amide bonds. The summed E-state index contributed by atoms with van der Waals surface area (Å²) in [4.78, 5) is 2.19. The third-order valence-electron chi connectivity index (χ3n) is 5.71. The van der Waals surface area contributed by atoms with Crippen LogP contribution in [0.5, 0.6) is 0 Å². The molecule has 1 aliphatic heterocycles. The first-order valence-corrected chi connectivity index (χ1v) is 11.2.